The second kappa shape index (κ2) is 5.97. The van der Waals surface area contributed by atoms with Crippen LogP contribution < -0.4 is 14.8 Å². The highest BCUT2D eigenvalue weighted by Gasteiger charge is 2.19. The summed E-state index contributed by atoms with van der Waals surface area (Å²) in [6, 6.07) is 7.75. The van der Waals surface area contributed by atoms with Crippen molar-refractivity contribution in [1.82, 2.24) is 5.32 Å². The van der Waals surface area contributed by atoms with Crippen LogP contribution in [-0.2, 0) is 0 Å². The predicted molar refractivity (Wildman–Crippen MR) is 64.6 cm³/mol. The molecule has 1 aromatic carbocycles. The average Bonchev–Trinajstić information content (AvgIpc) is 2.34. The summed E-state index contributed by atoms with van der Waals surface area (Å²) in [6.45, 7) is 2.32. The number of rotatable bonds is 5. The molecule has 2 rings (SSSR count). The highest BCUT2D eigenvalue weighted by molar-refractivity contribution is 6.17. The van der Waals surface area contributed by atoms with Crippen LogP contribution >= 0.6 is 11.6 Å². The van der Waals surface area contributed by atoms with E-state index in [1.807, 2.05) is 24.3 Å². The van der Waals surface area contributed by atoms with Gasteiger partial charge < -0.3 is 14.8 Å². The minimum absolute atomic E-state index is 0.0882. The molecule has 3 nitrogen and oxygen atoms in total. The molecule has 0 fully saturated rings. The topological polar surface area (TPSA) is 30.5 Å². The van der Waals surface area contributed by atoms with E-state index in [-0.39, 0.29) is 6.10 Å². The average molecular weight is 242 g/mol. The van der Waals surface area contributed by atoms with E-state index in [0.717, 1.165) is 31.0 Å². The number of hydrogen-bond acceptors (Lipinski definition) is 3. The molecule has 4 heteroatoms. The Morgan fingerprint density at radius 1 is 1.31 bits per heavy atom. The van der Waals surface area contributed by atoms with Gasteiger partial charge in [0.05, 0.1) is 0 Å². The highest BCUT2D eigenvalue weighted by atomic mass is 35.5. The molecular weight excluding hydrogens is 226 g/mol. The summed E-state index contributed by atoms with van der Waals surface area (Å²) < 4.78 is 11.4. The third-order valence-electron chi connectivity index (χ3n) is 2.43. The van der Waals surface area contributed by atoms with Crippen molar-refractivity contribution in [2.45, 2.75) is 12.5 Å². The molecule has 0 amide bonds. The van der Waals surface area contributed by atoms with E-state index in [1.165, 1.54) is 0 Å². The number of halogens is 1. The molecule has 1 N–H and O–H groups in total. The molecule has 0 saturated carbocycles. The van der Waals surface area contributed by atoms with E-state index < -0.39 is 0 Å². The quantitative estimate of drug-likeness (QED) is 0.632. The Labute approximate surface area is 101 Å². The van der Waals surface area contributed by atoms with E-state index in [4.69, 9.17) is 21.1 Å². The van der Waals surface area contributed by atoms with Crippen LogP contribution in [0.25, 0.3) is 0 Å². The standard InChI is InChI=1S/C12H16ClNO2/c13-6-3-7-14-8-10-9-15-11-4-1-2-5-12(11)16-10/h1-2,4-5,10,14H,3,6-9H2/t10-/m1/s1. The fraction of sp³-hybridized carbons (Fsp3) is 0.500. The summed E-state index contributed by atoms with van der Waals surface area (Å²) in [5, 5.41) is 3.30. The highest BCUT2D eigenvalue weighted by Crippen LogP contribution is 2.30. The molecule has 0 aliphatic carbocycles. The van der Waals surface area contributed by atoms with Crippen LogP contribution in [0, 0.1) is 0 Å². The minimum atomic E-state index is 0.0882. The van der Waals surface area contributed by atoms with E-state index >= 15 is 0 Å². The first-order chi connectivity index (χ1) is 7.90. The predicted octanol–water partition coefficient (Wildman–Crippen LogP) is 2.04. The molecule has 1 aliphatic rings. The van der Waals surface area contributed by atoms with Crippen LogP contribution in [0.2, 0.25) is 0 Å². The van der Waals surface area contributed by atoms with Gasteiger partial charge in [0, 0.05) is 12.4 Å². The van der Waals surface area contributed by atoms with Gasteiger partial charge in [-0.25, -0.2) is 0 Å². The first-order valence-corrected chi connectivity index (χ1v) is 6.09. The lowest BCUT2D eigenvalue weighted by atomic mass is 10.2. The van der Waals surface area contributed by atoms with Gasteiger partial charge in [0.2, 0.25) is 0 Å². The summed E-state index contributed by atoms with van der Waals surface area (Å²) in [7, 11) is 0. The van der Waals surface area contributed by atoms with Gasteiger partial charge in [-0.15, -0.1) is 11.6 Å². The number of benzene rings is 1. The molecule has 1 aromatic rings. The van der Waals surface area contributed by atoms with Crippen molar-refractivity contribution in [1.29, 1.82) is 0 Å². The number of ether oxygens (including phenoxy) is 2. The lowest BCUT2D eigenvalue weighted by Gasteiger charge is -2.26. The van der Waals surface area contributed by atoms with E-state index in [9.17, 15) is 0 Å². The van der Waals surface area contributed by atoms with Crippen molar-refractivity contribution in [2.24, 2.45) is 0 Å². The van der Waals surface area contributed by atoms with Crippen molar-refractivity contribution in [3.8, 4) is 11.5 Å². The van der Waals surface area contributed by atoms with Gasteiger partial charge in [-0.3, -0.25) is 0 Å². The molecule has 16 heavy (non-hydrogen) atoms. The maximum Gasteiger partial charge on any atom is 0.161 e. The Hall–Kier alpha value is -0.930. The SMILES string of the molecule is ClCCCNC[C@@H]1COc2ccccc2O1. The zero-order valence-corrected chi connectivity index (χ0v) is 9.87. The smallest absolute Gasteiger partial charge is 0.161 e. The Kier molecular flexibility index (Phi) is 4.31. The summed E-state index contributed by atoms with van der Waals surface area (Å²) in [5.41, 5.74) is 0. The molecule has 0 unspecified atom stereocenters. The van der Waals surface area contributed by atoms with Gasteiger partial charge in [0.1, 0.15) is 12.7 Å². The van der Waals surface area contributed by atoms with Crippen molar-refractivity contribution in [3.63, 3.8) is 0 Å². The molecule has 0 saturated heterocycles. The molecule has 1 heterocycles. The molecular formula is C12H16ClNO2. The number of fused-ring (bicyclic) bond motifs is 1. The summed E-state index contributed by atoms with van der Waals surface area (Å²) in [4.78, 5) is 0. The summed E-state index contributed by atoms with van der Waals surface area (Å²) in [5.74, 6) is 2.36. The number of hydrogen-bond donors (Lipinski definition) is 1. The van der Waals surface area contributed by atoms with Crippen molar-refractivity contribution in [2.75, 3.05) is 25.6 Å². The first kappa shape index (κ1) is 11.6. The Bertz CT molecular complexity index is 333. The van der Waals surface area contributed by atoms with Crippen LogP contribution in [0.3, 0.4) is 0 Å². The zero-order chi connectivity index (χ0) is 11.2. The lowest BCUT2D eigenvalue weighted by molar-refractivity contribution is 0.0906. The zero-order valence-electron chi connectivity index (χ0n) is 9.12. The Balaban J connectivity index is 1.79. The molecule has 0 bridgehead atoms. The first-order valence-electron chi connectivity index (χ1n) is 5.55. The number of nitrogens with one attached hydrogen (secondary N) is 1. The fourth-order valence-corrected chi connectivity index (χ4v) is 1.75. The maximum absolute atomic E-state index is 5.79. The van der Waals surface area contributed by atoms with Gasteiger partial charge in [-0.2, -0.15) is 0 Å². The van der Waals surface area contributed by atoms with Crippen molar-refractivity contribution in [3.05, 3.63) is 24.3 Å². The monoisotopic (exact) mass is 241 g/mol. The Morgan fingerprint density at radius 3 is 2.94 bits per heavy atom. The van der Waals surface area contributed by atoms with Gasteiger partial charge >= 0.3 is 0 Å². The van der Waals surface area contributed by atoms with Gasteiger partial charge in [0.25, 0.3) is 0 Å². The van der Waals surface area contributed by atoms with Crippen LogP contribution in [-0.4, -0.2) is 31.7 Å². The molecule has 1 aliphatic heterocycles. The van der Waals surface area contributed by atoms with Crippen LogP contribution in [0.15, 0.2) is 24.3 Å². The van der Waals surface area contributed by atoms with Crippen molar-refractivity contribution >= 4 is 11.6 Å². The lowest BCUT2D eigenvalue weighted by Crippen LogP contribution is -2.38. The van der Waals surface area contributed by atoms with Gasteiger partial charge in [-0.05, 0) is 25.1 Å². The van der Waals surface area contributed by atoms with E-state index in [2.05, 4.69) is 5.32 Å². The van der Waals surface area contributed by atoms with Crippen LogP contribution in [0.5, 0.6) is 11.5 Å². The van der Waals surface area contributed by atoms with Crippen LogP contribution in [0.4, 0.5) is 0 Å². The summed E-state index contributed by atoms with van der Waals surface area (Å²) in [6.07, 6.45) is 1.07. The van der Waals surface area contributed by atoms with Gasteiger partial charge in [0.15, 0.2) is 11.5 Å². The number of alkyl halides is 1. The molecule has 88 valence electrons. The number of para-hydroxylation sites is 2. The molecule has 0 radical (unpaired) electrons. The van der Waals surface area contributed by atoms with E-state index in [0.29, 0.717) is 12.5 Å². The molecule has 0 spiro atoms. The van der Waals surface area contributed by atoms with E-state index in [1.54, 1.807) is 0 Å². The summed E-state index contributed by atoms with van der Waals surface area (Å²) >= 11 is 5.59. The minimum Gasteiger partial charge on any atom is -0.486 e. The van der Waals surface area contributed by atoms with Crippen molar-refractivity contribution < 1.29 is 9.47 Å². The fourth-order valence-electron chi connectivity index (χ4n) is 1.62. The van der Waals surface area contributed by atoms with Gasteiger partial charge in [-0.1, -0.05) is 12.1 Å². The third kappa shape index (κ3) is 3.03. The second-order valence-corrected chi connectivity index (χ2v) is 4.12. The Morgan fingerprint density at radius 2 is 2.12 bits per heavy atom. The molecule has 0 aromatic heterocycles. The normalized spacial score (nSPS) is 18.4. The molecule has 1 atom stereocenters. The maximum atomic E-state index is 5.79. The largest absolute Gasteiger partial charge is 0.486 e. The third-order valence-corrected chi connectivity index (χ3v) is 2.69. The second-order valence-electron chi connectivity index (χ2n) is 3.74. The van der Waals surface area contributed by atoms with Crippen LogP contribution in [0.1, 0.15) is 6.42 Å².